The number of hydrogen-bond acceptors (Lipinski definition) is 4. The minimum absolute atomic E-state index is 0.175. The van der Waals surface area contributed by atoms with Crippen LogP contribution in [0.3, 0.4) is 0 Å². The van der Waals surface area contributed by atoms with Crippen LogP contribution in [-0.2, 0) is 9.59 Å². The van der Waals surface area contributed by atoms with Gasteiger partial charge in [0.1, 0.15) is 0 Å². The summed E-state index contributed by atoms with van der Waals surface area (Å²) in [6.07, 6.45) is 11.1. The normalized spacial score (nSPS) is 12.4. The van der Waals surface area contributed by atoms with Gasteiger partial charge in [0.25, 0.3) is 0 Å². The van der Waals surface area contributed by atoms with Crippen molar-refractivity contribution in [3.05, 3.63) is 114 Å². The molecule has 0 spiro atoms. The first-order valence-electron chi connectivity index (χ1n) is 15.3. The van der Waals surface area contributed by atoms with E-state index in [4.69, 9.17) is 0 Å². The number of aliphatic hydroxyl groups is 2. The molecule has 0 radical (unpaired) electrons. The number of Topliss-reactive ketones (excluding diaryl/α,β-unsaturated/α-hetero) is 2. The summed E-state index contributed by atoms with van der Waals surface area (Å²) >= 11 is 0. The summed E-state index contributed by atoms with van der Waals surface area (Å²) in [5.74, 6) is -1.68. The Labute approximate surface area is 252 Å². The molecule has 2 N–H and O–H groups in total. The van der Waals surface area contributed by atoms with Crippen LogP contribution in [0.25, 0.3) is 0 Å². The van der Waals surface area contributed by atoms with Gasteiger partial charge < -0.3 is 10.2 Å². The molecule has 0 aromatic heterocycles. The molecule has 3 aromatic carbocycles. The molecule has 0 saturated heterocycles. The van der Waals surface area contributed by atoms with Crippen LogP contribution < -0.4 is 15.9 Å². The monoisotopic (exact) mass is 586 g/mol. The molecule has 0 unspecified atom stereocenters. The van der Waals surface area contributed by atoms with Gasteiger partial charge in [-0.25, -0.2) is 0 Å². The summed E-state index contributed by atoms with van der Waals surface area (Å²) in [4.78, 5) is 24.2. The average molecular weight is 587 g/mol. The molecule has 0 aliphatic heterocycles. The van der Waals surface area contributed by atoms with E-state index in [1.54, 1.807) is 0 Å². The first-order valence-corrected chi connectivity index (χ1v) is 17.6. The van der Waals surface area contributed by atoms with Gasteiger partial charge in [-0.15, -0.1) is 0 Å². The quantitative estimate of drug-likeness (QED) is 0.0678. The summed E-state index contributed by atoms with van der Waals surface area (Å²) < 4.78 is 0. The van der Waals surface area contributed by atoms with Crippen LogP contribution in [0.4, 0.5) is 0 Å². The molecule has 0 aliphatic rings. The van der Waals surface area contributed by atoms with Crippen LogP contribution in [0.15, 0.2) is 114 Å². The minimum atomic E-state index is -2.14. The molecule has 0 saturated carbocycles. The van der Waals surface area contributed by atoms with Crippen LogP contribution in [0, 0.1) is 0 Å². The SMILES string of the molecule is C=C(C)C(=O)/C(CO)=C(/O)C(=O)CCCCCCCCCCC[PH](c1ccccc1)(c1ccccc1)c1ccccc1. The number of rotatable bonds is 19. The molecule has 4 nitrogen and oxygen atoms in total. The second kappa shape index (κ2) is 17.6. The number of ketones is 2. The molecule has 224 valence electrons. The molecule has 0 fully saturated rings. The van der Waals surface area contributed by atoms with Crippen molar-refractivity contribution in [2.75, 3.05) is 12.8 Å². The van der Waals surface area contributed by atoms with Crippen molar-refractivity contribution in [2.24, 2.45) is 0 Å². The molecular weight excluding hydrogens is 539 g/mol. The number of aliphatic hydroxyl groups excluding tert-OH is 2. The van der Waals surface area contributed by atoms with Crippen molar-refractivity contribution >= 4 is 34.7 Å². The summed E-state index contributed by atoms with van der Waals surface area (Å²) in [7, 11) is -2.14. The Morgan fingerprint density at radius 1 is 0.643 bits per heavy atom. The second-order valence-electron chi connectivity index (χ2n) is 11.2. The Bertz CT molecular complexity index is 1200. The number of carbonyl (C=O) groups is 2. The zero-order valence-electron chi connectivity index (χ0n) is 25.1. The Morgan fingerprint density at radius 3 is 1.40 bits per heavy atom. The molecular formula is C37H47O4P. The predicted octanol–water partition coefficient (Wildman–Crippen LogP) is 7.13. The van der Waals surface area contributed by atoms with E-state index in [0.717, 1.165) is 19.3 Å². The van der Waals surface area contributed by atoms with E-state index in [1.165, 1.54) is 61.1 Å². The van der Waals surface area contributed by atoms with E-state index < -0.39 is 31.2 Å². The van der Waals surface area contributed by atoms with Crippen LogP contribution in [-0.4, -0.2) is 34.5 Å². The number of unbranched alkanes of at least 4 members (excludes halogenated alkanes) is 8. The molecule has 0 atom stereocenters. The molecule has 0 heterocycles. The van der Waals surface area contributed by atoms with E-state index >= 15 is 0 Å². The van der Waals surface area contributed by atoms with Crippen molar-refractivity contribution in [1.82, 2.24) is 0 Å². The van der Waals surface area contributed by atoms with Gasteiger partial charge in [0, 0.05) is 0 Å². The van der Waals surface area contributed by atoms with Crippen molar-refractivity contribution in [3.8, 4) is 0 Å². The summed E-state index contributed by atoms with van der Waals surface area (Å²) in [6.45, 7) is 4.35. The molecule has 5 heteroatoms. The van der Waals surface area contributed by atoms with Crippen molar-refractivity contribution < 1.29 is 19.8 Å². The summed E-state index contributed by atoms with van der Waals surface area (Å²) in [5, 5.41) is 23.9. The second-order valence-corrected chi connectivity index (χ2v) is 15.2. The zero-order chi connectivity index (χ0) is 30.2. The fraction of sp³-hybridized carbons (Fsp3) is 0.351. The van der Waals surface area contributed by atoms with Gasteiger partial charge in [0.2, 0.25) is 0 Å². The van der Waals surface area contributed by atoms with E-state index in [0.29, 0.717) is 6.42 Å². The molecule has 3 rings (SSSR count). The Morgan fingerprint density at radius 2 is 1.02 bits per heavy atom. The molecule has 0 amide bonds. The maximum absolute atomic E-state index is 12.3. The summed E-state index contributed by atoms with van der Waals surface area (Å²) in [6, 6.07) is 33.3. The van der Waals surface area contributed by atoms with Crippen molar-refractivity contribution in [2.45, 2.75) is 71.1 Å². The van der Waals surface area contributed by atoms with E-state index in [1.807, 2.05) is 0 Å². The standard InChI is InChI=1S/C37H47O4P/c1-30(2)36(40)34(29-38)37(41)35(39)27-19-8-6-4-3-5-7-9-20-28-42(31-21-13-10-14-22-31,32-23-15-11-16-24-32)33-25-17-12-18-26-33/h10-18,21-26,38,41-42H,1,3-9,19-20,27-29H2,2H3/b37-34+. The fourth-order valence-corrected chi connectivity index (χ4v) is 10.7. The first-order chi connectivity index (χ1) is 20.4. The van der Waals surface area contributed by atoms with Gasteiger partial charge >= 0.3 is 190 Å². The Balaban J connectivity index is 1.44. The van der Waals surface area contributed by atoms with Gasteiger partial charge in [-0.05, 0) is 12.5 Å². The molecule has 3 aromatic rings. The first kappa shape index (κ1) is 33.2. The Kier molecular flexibility index (Phi) is 13.9. The average Bonchev–Trinajstić information content (AvgIpc) is 3.03. The predicted molar refractivity (Wildman–Crippen MR) is 179 cm³/mol. The number of hydrogen-bond donors (Lipinski definition) is 2. The maximum atomic E-state index is 12.3. The van der Waals surface area contributed by atoms with Crippen LogP contribution in [0.2, 0.25) is 0 Å². The molecule has 0 aliphatic carbocycles. The van der Waals surface area contributed by atoms with Crippen molar-refractivity contribution in [3.63, 3.8) is 0 Å². The van der Waals surface area contributed by atoms with E-state index in [2.05, 4.69) is 97.6 Å². The van der Waals surface area contributed by atoms with E-state index in [-0.39, 0.29) is 17.6 Å². The van der Waals surface area contributed by atoms with Gasteiger partial charge in [0.05, 0.1) is 12.2 Å². The van der Waals surface area contributed by atoms with Crippen LogP contribution in [0.5, 0.6) is 0 Å². The third-order valence-electron chi connectivity index (χ3n) is 8.13. The van der Waals surface area contributed by atoms with Crippen LogP contribution >= 0.6 is 7.26 Å². The van der Waals surface area contributed by atoms with Gasteiger partial charge in [-0.1, -0.05) is 6.58 Å². The zero-order valence-corrected chi connectivity index (χ0v) is 26.1. The summed E-state index contributed by atoms with van der Waals surface area (Å²) in [5.41, 5.74) is -0.0768. The molecule has 42 heavy (non-hydrogen) atoms. The van der Waals surface area contributed by atoms with Gasteiger partial charge in [-0.3, -0.25) is 9.59 Å². The number of allylic oxidation sites excluding steroid dienone is 2. The molecule has 0 bridgehead atoms. The van der Waals surface area contributed by atoms with Crippen LogP contribution in [0.1, 0.15) is 71.1 Å². The van der Waals surface area contributed by atoms with Gasteiger partial charge in [-0.2, -0.15) is 0 Å². The van der Waals surface area contributed by atoms with Crippen molar-refractivity contribution in [1.29, 1.82) is 0 Å². The Hall–Kier alpha value is -3.33. The van der Waals surface area contributed by atoms with Gasteiger partial charge in [0.15, 0.2) is 11.5 Å². The van der Waals surface area contributed by atoms with E-state index in [9.17, 15) is 19.8 Å². The third kappa shape index (κ3) is 9.08. The third-order valence-corrected chi connectivity index (χ3v) is 13.2. The number of carbonyl (C=O) groups excluding carboxylic acids is 2. The topological polar surface area (TPSA) is 74.6 Å². The number of benzene rings is 3. The fourth-order valence-electron chi connectivity index (χ4n) is 5.81.